The van der Waals surface area contributed by atoms with Crippen molar-refractivity contribution in [3.05, 3.63) is 12.8 Å². The van der Waals surface area contributed by atoms with E-state index in [1.165, 1.54) is 19.3 Å². The van der Waals surface area contributed by atoms with Crippen LogP contribution in [-0.4, -0.2) is 13.7 Å². The third-order valence-corrected chi connectivity index (χ3v) is 1.84. The molecule has 0 fully saturated rings. The molecule has 1 nitrogen and oxygen atoms in total. The summed E-state index contributed by atoms with van der Waals surface area (Å²) in [6.07, 6.45) is 5.84. The first kappa shape index (κ1) is 11.0. The van der Waals surface area contributed by atoms with Crippen LogP contribution in [0.15, 0.2) is 0 Å². The van der Waals surface area contributed by atoms with Gasteiger partial charge in [0.2, 0.25) is 0 Å². The fraction of sp³-hybridized carbons (Fsp3) is 0.800. The highest BCUT2D eigenvalue weighted by Crippen LogP contribution is 2.18. The highest BCUT2D eigenvalue weighted by Gasteiger charge is 2.04. The molecule has 0 aromatic carbocycles. The van der Waals surface area contributed by atoms with E-state index in [-0.39, 0.29) is 0 Å². The molecule has 11 heavy (non-hydrogen) atoms. The van der Waals surface area contributed by atoms with Crippen molar-refractivity contribution < 1.29 is 4.74 Å². The molecule has 0 aliphatic heterocycles. The summed E-state index contributed by atoms with van der Waals surface area (Å²) in [5.41, 5.74) is 0. The zero-order chi connectivity index (χ0) is 8.53. The molecule has 0 heterocycles. The number of methoxy groups -OCH3 is 1. The summed E-state index contributed by atoms with van der Waals surface area (Å²) >= 11 is 0. The van der Waals surface area contributed by atoms with Gasteiger partial charge in [-0.05, 0) is 31.6 Å². The van der Waals surface area contributed by atoms with Crippen LogP contribution in [0.2, 0.25) is 0 Å². The maximum Gasteiger partial charge on any atom is 0.0462 e. The highest BCUT2D eigenvalue weighted by molar-refractivity contribution is 4.89. The molecule has 0 aliphatic rings. The van der Waals surface area contributed by atoms with Crippen molar-refractivity contribution in [3.8, 4) is 0 Å². The van der Waals surface area contributed by atoms with Crippen molar-refractivity contribution in [2.45, 2.75) is 39.0 Å². The van der Waals surface area contributed by atoms with Crippen LogP contribution >= 0.6 is 0 Å². The van der Waals surface area contributed by atoms with Crippen molar-refractivity contribution in [1.29, 1.82) is 0 Å². The number of hydrogen-bond donors (Lipinski definition) is 0. The van der Waals surface area contributed by atoms with Crippen LogP contribution < -0.4 is 0 Å². The second kappa shape index (κ2) is 8.06. The van der Waals surface area contributed by atoms with E-state index < -0.39 is 0 Å². The van der Waals surface area contributed by atoms with E-state index in [4.69, 9.17) is 4.74 Å². The van der Waals surface area contributed by atoms with E-state index in [0.717, 1.165) is 19.4 Å². The summed E-state index contributed by atoms with van der Waals surface area (Å²) in [5.74, 6) is 1.59. The molecule has 0 aromatic heterocycles. The second-order valence-corrected chi connectivity index (χ2v) is 2.85. The molecule has 66 valence electrons. The molecule has 0 N–H and O–H groups in total. The molecule has 2 radical (unpaired) electrons. The molecule has 0 aliphatic carbocycles. The zero-order valence-corrected chi connectivity index (χ0v) is 7.86. The van der Waals surface area contributed by atoms with Crippen molar-refractivity contribution >= 4 is 0 Å². The van der Waals surface area contributed by atoms with Gasteiger partial charge < -0.3 is 4.74 Å². The fourth-order valence-electron chi connectivity index (χ4n) is 1.20. The average molecular weight is 156 g/mol. The van der Waals surface area contributed by atoms with Gasteiger partial charge in [-0.3, -0.25) is 0 Å². The molecule has 0 amide bonds. The predicted molar refractivity (Wildman–Crippen MR) is 49.2 cm³/mol. The van der Waals surface area contributed by atoms with Crippen molar-refractivity contribution in [2.75, 3.05) is 13.7 Å². The van der Waals surface area contributed by atoms with E-state index in [2.05, 4.69) is 13.8 Å². The Morgan fingerprint density at radius 1 is 1.36 bits per heavy atom. The first-order valence-electron chi connectivity index (χ1n) is 4.46. The Bertz CT molecular complexity index is 71.3. The van der Waals surface area contributed by atoms with Gasteiger partial charge in [-0.25, -0.2) is 0 Å². The van der Waals surface area contributed by atoms with Gasteiger partial charge in [0.25, 0.3) is 0 Å². The minimum atomic E-state index is 0.882. The lowest BCUT2D eigenvalue weighted by molar-refractivity contribution is 0.193. The summed E-state index contributed by atoms with van der Waals surface area (Å²) in [5, 5.41) is 0. The molecule has 0 spiro atoms. The van der Waals surface area contributed by atoms with Gasteiger partial charge in [0, 0.05) is 13.7 Å². The summed E-state index contributed by atoms with van der Waals surface area (Å²) in [7, 11) is 1.75. The molecule has 0 bridgehead atoms. The molecular formula is C10H20O. The van der Waals surface area contributed by atoms with E-state index in [1.54, 1.807) is 13.0 Å². The van der Waals surface area contributed by atoms with Crippen LogP contribution in [-0.2, 0) is 4.74 Å². The second-order valence-electron chi connectivity index (χ2n) is 2.85. The van der Waals surface area contributed by atoms with Gasteiger partial charge >= 0.3 is 0 Å². The minimum Gasteiger partial charge on any atom is -0.385 e. The SMILES string of the molecule is [CH2]C[C](CCC)CCCOC. The Hall–Kier alpha value is -0.0400. The predicted octanol–water partition coefficient (Wildman–Crippen LogP) is 3.01. The Balaban J connectivity index is 3.20. The van der Waals surface area contributed by atoms with E-state index in [9.17, 15) is 0 Å². The standard InChI is InChI=1S/C10H20O/c1-4-7-10(5-2)8-6-9-11-3/h2,4-9H2,1,3H3. The lowest BCUT2D eigenvalue weighted by Crippen LogP contribution is -1.98. The molecule has 0 saturated carbocycles. The largest absolute Gasteiger partial charge is 0.385 e. The Morgan fingerprint density at radius 3 is 2.55 bits per heavy atom. The average Bonchev–Trinajstić information content (AvgIpc) is 2.03. The third kappa shape index (κ3) is 6.36. The van der Waals surface area contributed by atoms with Crippen molar-refractivity contribution in [3.63, 3.8) is 0 Å². The highest BCUT2D eigenvalue weighted by atomic mass is 16.5. The maximum absolute atomic E-state index is 4.98. The Morgan fingerprint density at radius 2 is 2.09 bits per heavy atom. The van der Waals surface area contributed by atoms with Crippen LogP contribution in [0.1, 0.15) is 39.0 Å². The summed E-state index contributed by atoms with van der Waals surface area (Å²) in [4.78, 5) is 0. The van der Waals surface area contributed by atoms with Gasteiger partial charge in [-0.15, -0.1) is 0 Å². The molecular weight excluding hydrogens is 136 g/mol. The lowest BCUT2D eigenvalue weighted by Gasteiger charge is -2.11. The maximum atomic E-state index is 4.98. The number of hydrogen-bond acceptors (Lipinski definition) is 1. The number of rotatable bonds is 7. The van der Waals surface area contributed by atoms with Crippen molar-refractivity contribution in [1.82, 2.24) is 0 Å². The van der Waals surface area contributed by atoms with Gasteiger partial charge in [-0.1, -0.05) is 20.3 Å². The zero-order valence-electron chi connectivity index (χ0n) is 7.86. The molecule has 0 saturated heterocycles. The molecule has 0 rings (SSSR count). The van der Waals surface area contributed by atoms with E-state index >= 15 is 0 Å². The Labute approximate surface area is 71.1 Å². The Kier molecular flexibility index (Phi) is 8.03. The quantitative estimate of drug-likeness (QED) is 0.515. The monoisotopic (exact) mass is 156 g/mol. The van der Waals surface area contributed by atoms with E-state index in [1.807, 2.05) is 0 Å². The van der Waals surface area contributed by atoms with Crippen LogP contribution in [0.25, 0.3) is 0 Å². The summed E-state index contributed by atoms with van der Waals surface area (Å²) in [6.45, 7) is 7.00. The van der Waals surface area contributed by atoms with Crippen molar-refractivity contribution in [2.24, 2.45) is 0 Å². The van der Waals surface area contributed by atoms with Gasteiger partial charge in [0.05, 0.1) is 0 Å². The van der Waals surface area contributed by atoms with Crippen LogP contribution in [0.4, 0.5) is 0 Å². The summed E-state index contributed by atoms with van der Waals surface area (Å²) in [6, 6.07) is 0. The van der Waals surface area contributed by atoms with Gasteiger partial charge in [-0.2, -0.15) is 0 Å². The van der Waals surface area contributed by atoms with Crippen LogP contribution in [0.5, 0.6) is 0 Å². The molecule has 0 aromatic rings. The molecule has 1 heteroatoms. The molecule has 0 atom stereocenters. The minimum absolute atomic E-state index is 0.882. The third-order valence-electron chi connectivity index (χ3n) is 1.84. The molecule has 0 unspecified atom stereocenters. The van der Waals surface area contributed by atoms with Gasteiger partial charge in [0.1, 0.15) is 0 Å². The smallest absolute Gasteiger partial charge is 0.0462 e. The first-order chi connectivity index (χ1) is 5.35. The first-order valence-corrected chi connectivity index (χ1v) is 4.46. The lowest BCUT2D eigenvalue weighted by atomic mass is 9.96. The van der Waals surface area contributed by atoms with E-state index in [0.29, 0.717) is 0 Å². The topological polar surface area (TPSA) is 9.23 Å². The van der Waals surface area contributed by atoms with Crippen LogP contribution in [0, 0.1) is 12.8 Å². The fourth-order valence-corrected chi connectivity index (χ4v) is 1.20. The van der Waals surface area contributed by atoms with Gasteiger partial charge in [0.15, 0.2) is 0 Å². The normalized spacial score (nSPS) is 10.9. The summed E-state index contributed by atoms with van der Waals surface area (Å²) < 4.78 is 4.98. The van der Waals surface area contributed by atoms with Crippen LogP contribution in [0.3, 0.4) is 0 Å². The number of ether oxygens (including phenoxy) is 1.